The zero-order chi connectivity index (χ0) is 11.8. The van der Waals surface area contributed by atoms with E-state index in [1.165, 1.54) is 0 Å². The molecule has 0 saturated carbocycles. The van der Waals surface area contributed by atoms with Gasteiger partial charge in [0, 0.05) is 30.4 Å². The number of aromatic nitrogens is 3. The maximum Gasteiger partial charge on any atom is 0.129 e. The van der Waals surface area contributed by atoms with Gasteiger partial charge in [-0.2, -0.15) is 5.10 Å². The first kappa shape index (κ1) is 9.84. The van der Waals surface area contributed by atoms with E-state index >= 15 is 0 Å². The van der Waals surface area contributed by atoms with Crippen molar-refractivity contribution in [1.82, 2.24) is 14.8 Å². The van der Waals surface area contributed by atoms with Crippen molar-refractivity contribution in [2.75, 3.05) is 5.73 Å². The Morgan fingerprint density at radius 3 is 2.76 bits per heavy atom. The number of rotatable bonds is 1. The molecule has 0 unspecified atom stereocenters. The average molecular weight is 224 g/mol. The number of aryl methyl sites for hydroxylation is 1. The molecule has 17 heavy (non-hydrogen) atoms. The second-order valence-electron chi connectivity index (χ2n) is 3.97. The summed E-state index contributed by atoms with van der Waals surface area (Å²) in [5.41, 5.74) is 8.03. The highest BCUT2D eigenvalue weighted by molar-refractivity contribution is 5.98. The first-order valence-corrected chi connectivity index (χ1v) is 5.38. The van der Waals surface area contributed by atoms with Gasteiger partial charge in [-0.05, 0) is 17.0 Å². The van der Waals surface area contributed by atoms with Gasteiger partial charge in [0.15, 0.2) is 0 Å². The second kappa shape index (κ2) is 3.59. The Kier molecular flexibility index (Phi) is 2.08. The lowest BCUT2D eigenvalue weighted by Crippen LogP contribution is -1.98. The molecule has 4 nitrogen and oxygen atoms in total. The van der Waals surface area contributed by atoms with Gasteiger partial charge in [-0.25, -0.2) is 0 Å². The van der Waals surface area contributed by atoms with E-state index in [0.29, 0.717) is 5.82 Å². The summed E-state index contributed by atoms with van der Waals surface area (Å²) in [6.07, 6.45) is 5.44. The fraction of sp³-hybridized carbons (Fsp3) is 0.0769. The van der Waals surface area contributed by atoms with Crippen LogP contribution in [-0.2, 0) is 7.05 Å². The van der Waals surface area contributed by atoms with Gasteiger partial charge in [-0.1, -0.05) is 18.2 Å². The maximum absolute atomic E-state index is 6.01. The summed E-state index contributed by atoms with van der Waals surface area (Å²) in [7, 11) is 1.84. The van der Waals surface area contributed by atoms with Crippen molar-refractivity contribution >= 4 is 16.6 Å². The van der Waals surface area contributed by atoms with Crippen LogP contribution >= 0.6 is 0 Å². The van der Waals surface area contributed by atoms with Crippen molar-refractivity contribution in [1.29, 1.82) is 0 Å². The zero-order valence-electron chi connectivity index (χ0n) is 9.46. The number of anilines is 1. The first-order chi connectivity index (χ1) is 8.27. The second-order valence-corrected chi connectivity index (χ2v) is 3.97. The third kappa shape index (κ3) is 1.45. The highest BCUT2D eigenvalue weighted by Crippen LogP contribution is 2.31. The van der Waals surface area contributed by atoms with Crippen LogP contribution in [0.25, 0.3) is 21.9 Å². The molecule has 84 valence electrons. The van der Waals surface area contributed by atoms with Gasteiger partial charge < -0.3 is 5.73 Å². The van der Waals surface area contributed by atoms with Crippen LogP contribution in [0.3, 0.4) is 0 Å². The molecule has 0 fully saturated rings. The number of nitrogens with two attached hydrogens (primary N) is 1. The van der Waals surface area contributed by atoms with E-state index in [2.05, 4.69) is 16.1 Å². The summed E-state index contributed by atoms with van der Waals surface area (Å²) in [5.74, 6) is 0.668. The molecule has 2 aromatic heterocycles. The van der Waals surface area contributed by atoms with Crippen molar-refractivity contribution < 1.29 is 0 Å². The van der Waals surface area contributed by atoms with E-state index in [1.54, 1.807) is 17.1 Å². The van der Waals surface area contributed by atoms with E-state index in [1.807, 2.05) is 31.4 Å². The Balaban J connectivity index is 2.34. The molecular formula is C13H12N4. The van der Waals surface area contributed by atoms with E-state index in [4.69, 9.17) is 5.73 Å². The monoisotopic (exact) mass is 224 g/mol. The number of hydrogen-bond donors (Lipinski definition) is 1. The predicted octanol–water partition coefficient (Wildman–Crippen LogP) is 2.22. The number of nitrogens with zero attached hydrogens (tertiary/aromatic N) is 3. The minimum Gasteiger partial charge on any atom is -0.383 e. The molecule has 0 spiro atoms. The lowest BCUT2D eigenvalue weighted by molar-refractivity contribution is 0.779. The molecule has 0 aliphatic carbocycles. The summed E-state index contributed by atoms with van der Waals surface area (Å²) < 4.78 is 1.67. The molecule has 0 radical (unpaired) electrons. The summed E-state index contributed by atoms with van der Waals surface area (Å²) in [4.78, 5) is 4.17. The van der Waals surface area contributed by atoms with Gasteiger partial charge in [-0.3, -0.25) is 9.67 Å². The number of hydrogen-bond acceptors (Lipinski definition) is 3. The van der Waals surface area contributed by atoms with Gasteiger partial charge in [-0.15, -0.1) is 0 Å². The van der Waals surface area contributed by atoms with Crippen molar-refractivity contribution in [3.8, 4) is 11.1 Å². The van der Waals surface area contributed by atoms with E-state index < -0.39 is 0 Å². The standard InChI is InChI=1S/C13H12N4/c1-17-13(14)12(8-16-17)10-4-2-3-9-5-6-15-7-11(9)10/h2-8H,14H2,1H3. The molecule has 0 atom stereocenters. The molecule has 0 bridgehead atoms. The molecular weight excluding hydrogens is 212 g/mol. The third-order valence-corrected chi connectivity index (χ3v) is 2.96. The lowest BCUT2D eigenvalue weighted by atomic mass is 10.0. The molecule has 2 N–H and O–H groups in total. The molecule has 0 aliphatic heterocycles. The highest BCUT2D eigenvalue weighted by Gasteiger charge is 2.10. The Labute approximate surface area is 98.7 Å². The van der Waals surface area contributed by atoms with Crippen molar-refractivity contribution in [2.24, 2.45) is 7.05 Å². The van der Waals surface area contributed by atoms with Crippen LogP contribution in [0.2, 0.25) is 0 Å². The predicted molar refractivity (Wildman–Crippen MR) is 68.4 cm³/mol. The fourth-order valence-electron chi connectivity index (χ4n) is 2.00. The number of pyridine rings is 1. The molecule has 4 heteroatoms. The Bertz CT molecular complexity index is 679. The SMILES string of the molecule is Cn1ncc(-c2cccc3ccncc23)c1N. The van der Waals surface area contributed by atoms with E-state index in [9.17, 15) is 0 Å². The largest absolute Gasteiger partial charge is 0.383 e. The molecule has 3 aromatic rings. The normalized spacial score (nSPS) is 10.9. The molecule has 0 aliphatic rings. The number of fused-ring (bicyclic) bond motifs is 1. The molecule has 2 heterocycles. The van der Waals surface area contributed by atoms with Crippen LogP contribution < -0.4 is 5.73 Å². The zero-order valence-corrected chi connectivity index (χ0v) is 9.46. The quantitative estimate of drug-likeness (QED) is 0.689. The van der Waals surface area contributed by atoms with Crippen molar-refractivity contribution in [2.45, 2.75) is 0 Å². The maximum atomic E-state index is 6.01. The minimum absolute atomic E-state index is 0.668. The van der Waals surface area contributed by atoms with Crippen molar-refractivity contribution in [3.63, 3.8) is 0 Å². The van der Waals surface area contributed by atoms with Gasteiger partial charge in [0.1, 0.15) is 5.82 Å². The van der Waals surface area contributed by atoms with Crippen LogP contribution in [0.15, 0.2) is 42.9 Å². The summed E-state index contributed by atoms with van der Waals surface area (Å²) in [6.45, 7) is 0. The smallest absolute Gasteiger partial charge is 0.129 e. The topological polar surface area (TPSA) is 56.7 Å². The first-order valence-electron chi connectivity index (χ1n) is 5.38. The molecule has 0 saturated heterocycles. The van der Waals surface area contributed by atoms with Gasteiger partial charge in [0.05, 0.1) is 6.20 Å². The van der Waals surface area contributed by atoms with E-state index in [-0.39, 0.29) is 0 Å². The average Bonchev–Trinajstić information content (AvgIpc) is 2.69. The van der Waals surface area contributed by atoms with Gasteiger partial charge in [0.2, 0.25) is 0 Å². The van der Waals surface area contributed by atoms with Crippen LogP contribution in [-0.4, -0.2) is 14.8 Å². The minimum atomic E-state index is 0.668. The van der Waals surface area contributed by atoms with Gasteiger partial charge >= 0.3 is 0 Å². The van der Waals surface area contributed by atoms with Crippen LogP contribution in [0.1, 0.15) is 0 Å². The summed E-state index contributed by atoms with van der Waals surface area (Å²) >= 11 is 0. The van der Waals surface area contributed by atoms with Crippen molar-refractivity contribution in [3.05, 3.63) is 42.9 Å². The Hall–Kier alpha value is -2.36. The molecule has 1 aromatic carbocycles. The highest BCUT2D eigenvalue weighted by atomic mass is 15.3. The number of benzene rings is 1. The Morgan fingerprint density at radius 2 is 2.00 bits per heavy atom. The summed E-state index contributed by atoms with van der Waals surface area (Å²) in [6, 6.07) is 8.11. The molecule has 3 rings (SSSR count). The summed E-state index contributed by atoms with van der Waals surface area (Å²) in [5, 5.41) is 6.42. The lowest BCUT2D eigenvalue weighted by Gasteiger charge is -2.05. The van der Waals surface area contributed by atoms with E-state index in [0.717, 1.165) is 21.9 Å². The van der Waals surface area contributed by atoms with Crippen LogP contribution in [0.4, 0.5) is 5.82 Å². The van der Waals surface area contributed by atoms with Crippen LogP contribution in [0.5, 0.6) is 0 Å². The third-order valence-electron chi connectivity index (χ3n) is 2.96. The number of nitrogen functional groups attached to an aromatic ring is 1. The van der Waals surface area contributed by atoms with Crippen LogP contribution in [0, 0.1) is 0 Å². The molecule has 0 amide bonds. The fourth-order valence-corrected chi connectivity index (χ4v) is 2.00. The van der Waals surface area contributed by atoms with Gasteiger partial charge in [0.25, 0.3) is 0 Å². The Morgan fingerprint density at radius 1 is 1.12 bits per heavy atom.